The molecule has 4 aliphatic rings. The highest BCUT2D eigenvalue weighted by Crippen LogP contribution is 2.45. The van der Waals surface area contributed by atoms with Gasteiger partial charge in [0.05, 0.1) is 5.69 Å². The van der Waals surface area contributed by atoms with E-state index in [4.69, 9.17) is 9.72 Å². The van der Waals surface area contributed by atoms with Gasteiger partial charge in [-0.1, -0.05) is 19.3 Å². The van der Waals surface area contributed by atoms with Crippen molar-refractivity contribution in [3.05, 3.63) is 18.0 Å². The first-order chi connectivity index (χ1) is 16.2. The summed E-state index contributed by atoms with van der Waals surface area (Å²) in [4.78, 5) is 22.4. The van der Waals surface area contributed by atoms with Crippen LogP contribution in [0.1, 0.15) is 94.0 Å². The summed E-state index contributed by atoms with van der Waals surface area (Å²) in [7, 11) is 0. The zero-order valence-electron chi connectivity index (χ0n) is 19.7. The van der Waals surface area contributed by atoms with Crippen LogP contribution in [0.3, 0.4) is 0 Å². The molecule has 0 aromatic carbocycles. The van der Waals surface area contributed by atoms with Gasteiger partial charge in [-0.15, -0.1) is 0 Å². The molecule has 178 valence electrons. The molecule has 2 N–H and O–H groups in total. The van der Waals surface area contributed by atoms with Crippen LogP contribution in [0.25, 0.3) is 11.0 Å². The Morgan fingerprint density at radius 2 is 1.67 bits per heavy atom. The van der Waals surface area contributed by atoms with Gasteiger partial charge in [0, 0.05) is 54.9 Å². The predicted octanol–water partition coefficient (Wildman–Crippen LogP) is 4.56. The molecule has 2 aromatic heterocycles. The summed E-state index contributed by atoms with van der Waals surface area (Å²) in [5.74, 6) is 0.974. The van der Waals surface area contributed by atoms with E-state index in [1.165, 1.54) is 32.1 Å². The van der Waals surface area contributed by atoms with Crippen molar-refractivity contribution in [1.82, 2.24) is 19.9 Å². The number of ether oxygens (including phenoxy) is 1. The van der Waals surface area contributed by atoms with Crippen LogP contribution in [0.4, 0.5) is 5.95 Å². The molecule has 3 fully saturated rings. The number of carbonyl (C=O) groups excluding carboxylic acids is 1. The molecular formula is C26H37N5O2. The van der Waals surface area contributed by atoms with E-state index in [-0.39, 0.29) is 11.3 Å². The molecule has 2 saturated carbocycles. The number of rotatable bonds is 4. The lowest BCUT2D eigenvalue weighted by Crippen LogP contribution is -2.44. The van der Waals surface area contributed by atoms with E-state index in [9.17, 15) is 4.79 Å². The first-order valence-corrected chi connectivity index (χ1v) is 13.2. The van der Waals surface area contributed by atoms with Gasteiger partial charge in [-0.2, -0.15) is 4.98 Å². The quantitative estimate of drug-likeness (QED) is 0.709. The lowest BCUT2D eigenvalue weighted by molar-refractivity contribution is 0.0730. The summed E-state index contributed by atoms with van der Waals surface area (Å²) >= 11 is 0. The number of fused-ring (bicyclic) bond motifs is 4. The summed E-state index contributed by atoms with van der Waals surface area (Å²) in [6, 6.07) is 3.68. The summed E-state index contributed by atoms with van der Waals surface area (Å²) in [6.45, 7) is 1.79. The highest BCUT2D eigenvalue weighted by Gasteiger charge is 2.41. The Morgan fingerprint density at radius 1 is 0.939 bits per heavy atom. The first kappa shape index (κ1) is 21.5. The Labute approximate surface area is 196 Å². The number of aromatic nitrogens is 3. The predicted molar refractivity (Wildman–Crippen MR) is 129 cm³/mol. The minimum atomic E-state index is 0.0722. The molecule has 0 bridgehead atoms. The topological polar surface area (TPSA) is 81.1 Å². The summed E-state index contributed by atoms with van der Waals surface area (Å²) in [6.07, 6.45) is 16.6. The van der Waals surface area contributed by atoms with E-state index in [0.717, 1.165) is 74.9 Å². The van der Waals surface area contributed by atoms with Crippen molar-refractivity contribution in [2.45, 2.75) is 107 Å². The van der Waals surface area contributed by atoms with Crippen molar-refractivity contribution < 1.29 is 9.53 Å². The van der Waals surface area contributed by atoms with Gasteiger partial charge in [-0.25, -0.2) is 4.98 Å². The number of Topliss-reactive ketones (excluding diaryl/α,β-unsaturated/α-hetero) is 1. The second-order valence-corrected chi connectivity index (χ2v) is 10.8. The average Bonchev–Trinajstić information content (AvgIpc) is 3.25. The maximum absolute atomic E-state index is 12.8. The van der Waals surface area contributed by atoms with Crippen LogP contribution in [-0.2, 0) is 10.3 Å². The van der Waals surface area contributed by atoms with Crippen LogP contribution in [0, 0.1) is 0 Å². The molecule has 2 aliphatic heterocycles. The Morgan fingerprint density at radius 3 is 2.45 bits per heavy atom. The molecule has 0 radical (unpaired) electrons. The van der Waals surface area contributed by atoms with Gasteiger partial charge in [-0.3, -0.25) is 4.79 Å². The van der Waals surface area contributed by atoms with Crippen LogP contribution < -0.4 is 10.6 Å². The first-order valence-electron chi connectivity index (χ1n) is 13.2. The van der Waals surface area contributed by atoms with E-state index < -0.39 is 0 Å². The molecule has 2 aromatic rings. The molecule has 0 atom stereocenters. The van der Waals surface area contributed by atoms with E-state index in [0.29, 0.717) is 30.5 Å². The van der Waals surface area contributed by atoms with Gasteiger partial charge in [0.15, 0.2) is 5.78 Å². The van der Waals surface area contributed by atoms with Crippen LogP contribution in [0.5, 0.6) is 0 Å². The smallest absolute Gasteiger partial charge is 0.224 e. The molecule has 1 spiro atoms. The summed E-state index contributed by atoms with van der Waals surface area (Å²) in [5, 5.41) is 8.49. The largest absolute Gasteiger partial charge is 0.381 e. The molecule has 0 amide bonds. The molecule has 0 unspecified atom stereocenters. The third kappa shape index (κ3) is 4.18. The zero-order valence-corrected chi connectivity index (χ0v) is 19.7. The molecule has 2 aliphatic carbocycles. The van der Waals surface area contributed by atoms with Crippen LogP contribution in [0.15, 0.2) is 12.3 Å². The normalized spacial score (nSPS) is 28.2. The number of ketones is 1. The van der Waals surface area contributed by atoms with E-state index in [2.05, 4.69) is 20.2 Å². The summed E-state index contributed by atoms with van der Waals surface area (Å²) < 4.78 is 7.80. The van der Waals surface area contributed by atoms with Crippen LogP contribution in [0.2, 0.25) is 0 Å². The lowest BCUT2D eigenvalue weighted by atomic mass is 9.75. The van der Waals surface area contributed by atoms with Crippen LogP contribution in [-0.4, -0.2) is 51.7 Å². The minimum absolute atomic E-state index is 0.0722. The molecule has 33 heavy (non-hydrogen) atoms. The van der Waals surface area contributed by atoms with Crippen molar-refractivity contribution in [2.24, 2.45) is 0 Å². The standard InChI is InChI=1S/C26H37N5O2/c32-23-8-13-26(11-2-1-3-12-26)31-22(23)16-18-17-27-25(30-24(18)31)29-20-6-4-19(5-7-20)28-21-9-14-33-15-10-21/h16-17,19-21,28H,1-15H2,(H,27,29,30). The number of carbonyl (C=O) groups is 1. The number of hydrogen-bond donors (Lipinski definition) is 2. The number of nitrogens with zero attached hydrogens (tertiary/aromatic N) is 3. The third-order valence-corrected chi connectivity index (χ3v) is 8.66. The van der Waals surface area contributed by atoms with Crippen molar-refractivity contribution in [2.75, 3.05) is 18.5 Å². The number of hydrogen-bond acceptors (Lipinski definition) is 6. The lowest BCUT2D eigenvalue weighted by Gasteiger charge is -2.42. The zero-order chi connectivity index (χ0) is 22.3. The molecule has 6 rings (SSSR count). The highest BCUT2D eigenvalue weighted by atomic mass is 16.5. The Bertz CT molecular complexity index is 998. The fourth-order valence-corrected chi connectivity index (χ4v) is 6.80. The fourth-order valence-electron chi connectivity index (χ4n) is 6.80. The van der Waals surface area contributed by atoms with Crippen molar-refractivity contribution in [3.63, 3.8) is 0 Å². The Hall–Kier alpha value is -1.99. The molecule has 7 heteroatoms. The van der Waals surface area contributed by atoms with Gasteiger partial charge in [0.2, 0.25) is 5.95 Å². The van der Waals surface area contributed by atoms with Crippen molar-refractivity contribution >= 4 is 22.8 Å². The van der Waals surface area contributed by atoms with Gasteiger partial charge in [0.1, 0.15) is 5.65 Å². The maximum Gasteiger partial charge on any atom is 0.224 e. The summed E-state index contributed by atoms with van der Waals surface area (Å²) in [5.41, 5.74) is 1.87. The Balaban J connectivity index is 1.17. The second kappa shape index (κ2) is 8.99. The van der Waals surface area contributed by atoms with Crippen LogP contribution >= 0.6 is 0 Å². The average molecular weight is 452 g/mol. The highest BCUT2D eigenvalue weighted by molar-refractivity contribution is 6.00. The third-order valence-electron chi connectivity index (χ3n) is 8.66. The maximum atomic E-state index is 12.8. The van der Waals surface area contributed by atoms with Crippen molar-refractivity contribution in [3.8, 4) is 0 Å². The molecule has 4 heterocycles. The van der Waals surface area contributed by atoms with Gasteiger partial charge in [-0.05, 0) is 63.9 Å². The number of nitrogens with one attached hydrogen (secondary N) is 2. The number of anilines is 1. The molecular weight excluding hydrogens is 414 g/mol. The molecule has 1 saturated heterocycles. The fraction of sp³-hybridized carbons (Fsp3) is 0.731. The Kier molecular flexibility index (Phi) is 5.87. The van der Waals surface area contributed by atoms with E-state index >= 15 is 0 Å². The van der Waals surface area contributed by atoms with Crippen molar-refractivity contribution in [1.29, 1.82) is 0 Å². The minimum Gasteiger partial charge on any atom is -0.381 e. The van der Waals surface area contributed by atoms with E-state index in [1.807, 2.05) is 12.3 Å². The van der Waals surface area contributed by atoms with E-state index in [1.54, 1.807) is 0 Å². The van der Waals surface area contributed by atoms with Gasteiger partial charge in [0.25, 0.3) is 0 Å². The molecule has 7 nitrogen and oxygen atoms in total. The van der Waals surface area contributed by atoms with Gasteiger partial charge < -0.3 is 19.9 Å². The second-order valence-electron chi connectivity index (χ2n) is 10.8. The van der Waals surface area contributed by atoms with Gasteiger partial charge >= 0.3 is 0 Å². The monoisotopic (exact) mass is 451 g/mol. The SMILES string of the molecule is O=C1CCC2(CCCCC2)n2c1cc1cnc(NC3CCC(NC4CCOCC4)CC3)nc12.